The molecular formula is C24H19ClF2N6O2. The molecule has 3 aromatic carbocycles. The summed E-state index contributed by atoms with van der Waals surface area (Å²) in [7, 11) is 0. The van der Waals surface area contributed by atoms with Crippen LogP contribution >= 0.6 is 11.6 Å². The zero-order valence-electron chi connectivity index (χ0n) is 18.2. The Balaban J connectivity index is 1.51. The summed E-state index contributed by atoms with van der Waals surface area (Å²) in [5.74, 6) is -2.21. The fourth-order valence-electron chi connectivity index (χ4n) is 3.24. The second-order valence-corrected chi connectivity index (χ2v) is 7.87. The number of anilines is 1. The van der Waals surface area contributed by atoms with Crippen LogP contribution in [0.2, 0.25) is 5.02 Å². The van der Waals surface area contributed by atoms with Gasteiger partial charge in [0.2, 0.25) is 11.7 Å². The number of aromatic nitrogens is 4. The van der Waals surface area contributed by atoms with Gasteiger partial charge in [-0.25, -0.2) is 8.78 Å². The molecule has 4 rings (SSSR count). The minimum atomic E-state index is -0.663. The molecule has 1 aromatic heterocycles. The lowest BCUT2D eigenvalue weighted by atomic mass is 10.2. The van der Waals surface area contributed by atoms with Crippen molar-refractivity contribution < 1.29 is 18.4 Å². The average molecular weight is 497 g/mol. The molecule has 0 unspecified atom stereocenters. The first-order valence-corrected chi connectivity index (χ1v) is 10.9. The Labute approximate surface area is 204 Å². The first-order chi connectivity index (χ1) is 16.9. The van der Waals surface area contributed by atoms with E-state index in [0.717, 1.165) is 21.3 Å². The van der Waals surface area contributed by atoms with Crippen molar-refractivity contribution in [3.05, 3.63) is 95.0 Å². The molecule has 0 radical (unpaired) electrons. The Morgan fingerprint density at radius 1 is 0.971 bits per heavy atom. The zero-order valence-corrected chi connectivity index (χ0v) is 19.0. The maximum Gasteiger partial charge on any atom is 0.251 e. The van der Waals surface area contributed by atoms with Gasteiger partial charge in [-0.05, 0) is 41.1 Å². The van der Waals surface area contributed by atoms with Crippen LogP contribution in [0.3, 0.4) is 0 Å². The van der Waals surface area contributed by atoms with Gasteiger partial charge in [0.15, 0.2) is 0 Å². The quantitative estimate of drug-likeness (QED) is 0.402. The summed E-state index contributed by atoms with van der Waals surface area (Å²) in [6, 6.07) is 18.8. The molecule has 0 spiro atoms. The number of rotatable bonds is 8. The number of halogens is 3. The third-order valence-corrected chi connectivity index (χ3v) is 5.28. The summed E-state index contributed by atoms with van der Waals surface area (Å²) in [6.07, 6.45) is 0. The van der Waals surface area contributed by atoms with Crippen LogP contribution in [0.15, 0.2) is 72.8 Å². The van der Waals surface area contributed by atoms with Gasteiger partial charge < -0.3 is 10.2 Å². The number of nitrogens with zero attached hydrogens (tertiary/aromatic N) is 5. The number of nitrogens with one attached hydrogen (secondary N) is 1. The van der Waals surface area contributed by atoms with E-state index in [4.69, 9.17) is 11.6 Å². The summed E-state index contributed by atoms with van der Waals surface area (Å²) >= 11 is 5.90. The number of hydrogen-bond donors (Lipinski definition) is 1. The maximum absolute atomic E-state index is 14.0. The molecule has 2 amide bonds. The number of benzene rings is 3. The van der Waals surface area contributed by atoms with Gasteiger partial charge in [0.25, 0.3) is 5.91 Å². The average Bonchev–Trinajstić information content (AvgIpc) is 3.32. The van der Waals surface area contributed by atoms with Crippen molar-refractivity contribution in [1.29, 1.82) is 0 Å². The fraction of sp³-hybridized carbons (Fsp3) is 0.125. The highest BCUT2D eigenvalue weighted by Gasteiger charge is 2.22. The van der Waals surface area contributed by atoms with Gasteiger partial charge in [-0.2, -0.15) is 4.80 Å². The first kappa shape index (κ1) is 24.0. The smallest absolute Gasteiger partial charge is 0.251 e. The molecule has 0 bridgehead atoms. The van der Waals surface area contributed by atoms with Crippen molar-refractivity contribution in [2.75, 3.05) is 11.4 Å². The maximum atomic E-state index is 14.0. The topological polar surface area (TPSA) is 93.0 Å². The van der Waals surface area contributed by atoms with Crippen LogP contribution < -0.4 is 10.2 Å². The van der Waals surface area contributed by atoms with Crippen molar-refractivity contribution in [3.8, 4) is 11.4 Å². The van der Waals surface area contributed by atoms with Crippen molar-refractivity contribution >= 4 is 29.1 Å². The van der Waals surface area contributed by atoms with Crippen LogP contribution in [0.1, 0.15) is 5.56 Å². The highest BCUT2D eigenvalue weighted by atomic mass is 35.5. The SMILES string of the molecule is O=C(CN(C(=O)Cn1nnc(-c2ccccc2F)n1)c1ccc(F)c(Cl)c1)NCc1ccccc1. The number of hydrogen-bond acceptors (Lipinski definition) is 5. The van der Waals surface area contributed by atoms with E-state index in [0.29, 0.717) is 0 Å². The molecule has 0 saturated heterocycles. The van der Waals surface area contributed by atoms with Crippen LogP contribution in [0, 0.1) is 11.6 Å². The van der Waals surface area contributed by atoms with Gasteiger partial charge in [-0.3, -0.25) is 9.59 Å². The molecule has 0 atom stereocenters. The van der Waals surface area contributed by atoms with Crippen LogP contribution in [-0.4, -0.2) is 38.6 Å². The van der Waals surface area contributed by atoms with E-state index in [1.165, 1.54) is 30.3 Å². The third-order valence-electron chi connectivity index (χ3n) is 4.99. The normalized spacial score (nSPS) is 10.7. The molecule has 1 N–H and O–H groups in total. The minimum absolute atomic E-state index is 0.00730. The second-order valence-electron chi connectivity index (χ2n) is 7.46. The number of tetrazole rings is 1. The summed E-state index contributed by atoms with van der Waals surface area (Å²) < 4.78 is 27.7. The predicted molar refractivity (Wildman–Crippen MR) is 125 cm³/mol. The predicted octanol–water partition coefficient (Wildman–Crippen LogP) is 3.62. The zero-order chi connectivity index (χ0) is 24.8. The van der Waals surface area contributed by atoms with Crippen LogP contribution in [0.4, 0.5) is 14.5 Å². The Hall–Kier alpha value is -4.18. The molecule has 1 heterocycles. The third kappa shape index (κ3) is 6.04. The molecule has 0 aliphatic heterocycles. The fourth-order valence-corrected chi connectivity index (χ4v) is 3.41. The summed E-state index contributed by atoms with van der Waals surface area (Å²) in [6.45, 7) is -0.493. The number of amides is 2. The molecule has 0 aliphatic rings. The summed E-state index contributed by atoms with van der Waals surface area (Å²) in [5.41, 5.74) is 1.23. The van der Waals surface area contributed by atoms with Crippen molar-refractivity contribution in [1.82, 2.24) is 25.5 Å². The van der Waals surface area contributed by atoms with Crippen LogP contribution in [0.25, 0.3) is 11.4 Å². The van der Waals surface area contributed by atoms with Gasteiger partial charge in [-0.1, -0.05) is 54.1 Å². The van der Waals surface area contributed by atoms with Gasteiger partial charge in [0, 0.05) is 12.2 Å². The van der Waals surface area contributed by atoms with Gasteiger partial charge in [-0.15, -0.1) is 10.2 Å². The molecule has 178 valence electrons. The Bertz CT molecular complexity index is 1350. The molecule has 8 nitrogen and oxygen atoms in total. The lowest BCUT2D eigenvalue weighted by molar-refractivity contribution is -0.124. The number of carbonyl (C=O) groups is 2. The van der Waals surface area contributed by atoms with Crippen LogP contribution in [-0.2, 0) is 22.7 Å². The summed E-state index contributed by atoms with van der Waals surface area (Å²) in [5, 5.41) is 14.2. The highest BCUT2D eigenvalue weighted by Crippen LogP contribution is 2.23. The van der Waals surface area contributed by atoms with E-state index in [1.807, 2.05) is 30.3 Å². The van der Waals surface area contributed by atoms with Crippen LogP contribution in [0.5, 0.6) is 0 Å². The second kappa shape index (κ2) is 10.8. The van der Waals surface area contributed by atoms with Crippen molar-refractivity contribution in [2.24, 2.45) is 0 Å². The Kier molecular flexibility index (Phi) is 7.41. The summed E-state index contributed by atoms with van der Waals surface area (Å²) in [4.78, 5) is 27.9. The first-order valence-electron chi connectivity index (χ1n) is 10.5. The highest BCUT2D eigenvalue weighted by molar-refractivity contribution is 6.31. The molecule has 11 heteroatoms. The monoisotopic (exact) mass is 496 g/mol. The van der Waals surface area contributed by atoms with E-state index < -0.39 is 30.0 Å². The van der Waals surface area contributed by atoms with E-state index in [2.05, 4.69) is 20.7 Å². The Morgan fingerprint density at radius 3 is 2.46 bits per heavy atom. The standard InChI is InChI=1S/C24H19ClF2N6O2/c25-19-12-17(10-11-21(19)27)32(14-22(34)28-13-16-6-2-1-3-7-16)23(35)15-33-30-24(29-31-33)18-8-4-5-9-20(18)26/h1-12H,13-15H2,(H,28,34). The Morgan fingerprint density at radius 2 is 1.71 bits per heavy atom. The molecule has 4 aromatic rings. The molecule has 0 saturated carbocycles. The van der Waals surface area contributed by atoms with Gasteiger partial charge in [0.1, 0.15) is 24.7 Å². The van der Waals surface area contributed by atoms with E-state index in [1.54, 1.807) is 6.07 Å². The van der Waals surface area contributed by atoms with E-state index in [-0.39, 0.29) is 35.2 Å². The number of carbonyl (C=O) groups excluding carboxylic acids is 2. The lowest BCUT2D eigenvalue weighted by Gasteiger charge is -2.22. The molecule has 0 aliphatic carbocycles. The van der Waals surface area contributed by atoms with Gasteiger partial charge >= 0.3 is 0 Å². The van der Waals surface area contributed by atoms with Gasteiger partial charge in [0.05, 0.1) is 10.6 Å². The van der Waals surface area contributed by atoms with E-state index >= 15 is 0 Å². The largest absolute Gasteiger partial charge is 0.350 e. The molecule has 35 heavy (non-hydrogen) atoms. The lowest BCUT2D eigenvalue weighted by Crippen LogP contribution is -2.42. The van der Waals surface area contributed by atoms with Crippen molar-refractivity contribution in [2.45, 2.75) is 13.1 Å². The molecule has 0 fully saturated rings. The molecular weight excluding hydrogens is 478 g/mol. The van der Waals surface area contributed by atoms with Crippen molar-refractivity contribution in [3.63, 3.8) is 0 Å². The minimum Gasteiger partial charge on any atom is -0.350 e. The van der Waals surface area contributed by atoms with E-state index in [9.17, 15) is 18.4 Å².